The van der Waals surface area contributed by atoms with Gasteiger partial charge in [-0.25, -0.2) is 9.18 Å². The molecule has 1 aromatic carbocycles. The van der Waals surface area contributed by atoms with Crippen LogP contribution in [0.15, 0.2) is 16.6 Å². The molecule has 1 aromatic rings. The molecule has 0 radical (unpaired) electrons. The van der Waals surface area contributed by atoms with Gasteiger partial charge in [-0.1, -0.05) is 15.9 Å². The standard InChI is InChI=1S/C9H5BrF4O3/c10-3-1-4(7(15)8(16)17)6(11)5(2-3)9(12,13)14/h1-2,7,15H,(H,16,17). The maximum Gasteiger partial charge on any atom is 0.419 e. The molecule has 0 amide bonds. The third-order valence-corrected chi connectivity index (χ3v) is 2.36. The zero-order valence-corrected chi connectivity index (χ0v) is 9.51. The third-order valence-electron chi connectivity index (χ3n) is 1.90. The summed E-state index contributed by atoms with van der Waals surface area (Å²) in [6.45, 7) is 0. The predicted molar refractivity (Wildman–Crippen MR) is 51.7 cm³/mol. The molecule has 1 rings (SSSR count). The number of alkyl halides is 3. The molecule has 0 saturated carbocycles. The van der Waals surface area contributed by atoms with Crippen LogP contribution in [0.3, 0.4) is 0 Å². The van der Waals surface area contributed by atoms with Crippen molar-refractivity contribution >= 4 is 21.9 Å². The number of benzene rings is 1. The molecule has 8 heteroatoms. The van der Waals surface area contributed by atoms with Gasteiger partial charge in [0.2, 0.25) is 0 Å². The van der Waals surface area contributed by atoms with E-state index in [1.54, 1.807) is 0 Å². The molecule has 1 atom stereocenters. The number of carbonyl (C=O) groups is 1. The van der Waals surface area contributed by atoms with Gasteiger partial charge in [-0.2, -0.15) is 13.2 Å². The van der Waals surface area contributed by atoms with Crippen LogP contribution in [-0.2, 0) is 11.0 Å². The van der Waals surface area contributed by atoms with E-state index in [1.807, 2.05) is 0 Å². The lowest BCUT2D eigenvalue weighted by atomic mass is 10.0. The van der Waals surface area contributed by atoms with Crippen molar-refractivity contribution in [1.82, 2.24) is 0 Å². The van der Waals surface area contributed by atoms with Gasteiger partial charge in [0.15, 0.2) is 6.10 Å². The van der Waals surface area contributed by atoms with Crippen LogP contribution in [0.5, 0.6) is 0 Å². The van der Waals surface area contributed by atoms with E-state index in [0.717, 1.165) is 6.07 Å². The zero-order chi connectivity index (χ0) is 13.4. The summed E-state index contributed by atoms with van der Waals surface area (Å²) < 4.78 is 50.4. The fraction of sp³-hybridized carbons (Fsp3) is 0.222. The van der Waals surface area contributed by atoms with E-state index in [1.165, 1.54) is 0 Å². The Hall–Kier alpha value is -1.15. The molecule has 0 heterocycles. The number of halogens is 5. The molecule has 0 aliphatic carbocycles. The molecule has 0 saturated heterocycles. The second-order valence-electron chi connectivity index (χ2n) is 3.10. The van der Waals surface area contributed by atoms with E-state index in [-0.39, 0.29) is 4.47 Å². The highest BCUT2D eigenvalue weighted by molar-refractivity contribution is 9.10. The lowest BCUT2D eigenvalue weighted by Crippen LogP contribution is -2.16. The normalized spacial score (nSPS) is 13.5. The summed E-state index contributed by atoms with van der Waals surface area (Å²) in [5, 5.41) is 17.5. The van der Waals surface area contributed by atoms with Crippen molar-refractivity contribution < 1.29 is 32.6 Å². The fourth-order valence-corrected chi connectivity index (χ4v) is 1.62. The molecule has 0 spiro atoms. The molecule has 0 aliphatic heterocycles. The van der Waals surface area contributed by atoms with Gasteiger partial charge in [-0.05, 0) is 12.1 Å². The number of rotatable bonds is 2. The quantitative estimate of drug-likeness (QED) is 0.825. The van der Waals surface area contributed by atoms with E-state index < -0.39 is 35.2 Å². The molecule has 3 nitrogen and oxygen atoms in total. The summed E-state index contributed by atoms with van der Waals surface area (Å²) in [6, 6.07) is 1.25. The molecule has 0 aliphatic rings. The first kappa shape index (κ1) is 13.9. The minimum atomic E-state index is -4.97. The van der Waals surface area contributed by atoms with Gasteiger partial charge in [0.05, 0.1) is 5.56 Å². The van der Waals surface area contributed by atoms with Gasteiger partial charge in [0, 0.05) is 10.0 Å². The molecular weight excluding hydrogens is 312 g/mol. The number of aliphatic hydroxyl groups is 1. The van der Waals surface area contributed by atoms with Crippen LogP contribution in [0.25, 0.3) is 0 Å². The average Bonchev–Trinajstić information content (AvgIpc) is 2.18. The minimum absolute atomic E-state index is 0.179. The van der Waals surface area contributed by atoms with Crippen LogP contribution in [0, 0.1) is 5.82 Å². The Morgan fingerprint density at radius 3 is 2.29 bits per heavy atom. The monoisotopic (exact) mass is 316 g/mol. The van der Waals surface area contributed by atoms with Crippen LogP contribution >= 0.6 is 15.9 Å². The number of aliphatic carboxylic acids is 1. The van der Waals surface area contributed by atoms with Crippen molar-refractivity contribution in [2.75, 3.05) is 0 Å². The van der Waals surface area contributed by atoms with E-state index in [9.17, 15) is 22.4 Å². The second-order valence-corrected chi connectivity index (χ2v) is 4.01. The lowest BCUT2D eigenvalue weighted by Gasteiger charge is -2.13. The predicted octanol–water partition coefficient (Wildman–Crippen LogP) is 2.72. The van der Waals surface area contributed by atoms with Crippen molar-refractivity contribution in [1.29, 1.82) is 0 Å². The van der Waals surface area contributed by atoms with Crippen molar-refractivity contribution in [3.63, 3.8) is 0 Å². The molecular formula is C9H5BrF4O3. The number of hydrogen-bond donors (Lipinski definition) is 2. The smallest absolute Gasteiger partial charge is 0.419 e. The highest BCUT2D eigenvalue weighted by Gasteiger charge is 2.37. The first-order valence-corrected chi connectivity index (χ1v) is 4.91. The Morgan fingerprint density at radius 2 is 1.88 bits per heavy atom. The number of carboxylic acids is 1. The Kier molecular flexibility index (Phi) is 3.78. The summed E-state index contributed by atoms with van der Waals surface area (Å²) in [5.41, 5.74) is -2.58. The summed E-state index contributed by atoms with van der Waals surface area (Å²) in [4.78, 5) is 10.4. The van der Waals surface area contributed by atoms with E-state index in [2.05, 4.69) is 15.9 Å². The van der Waals surface area contributed by atoms with Gasteiger partial charge in [-0.3, -0.25) is 0 Å². The summed E-state index contributed by atoms with van der Waals surface area (Å²) in [6.07, 6.45) is -7.32. The molecule has 94 valence electrons. The summed E-state index contributed by atoms with van der Waals surface area (Å²) >= 11 is 2.69. The second kappa shape index (κ2) is 4.61. The largest absolute Gasteiger partial charge is 0.479 e. The first-order chi connectivity index (χ1) is 7.64. The number of carboxylic acid groups (broad SMARTS) is 1. The van der Waals surface area contributed by atoms with Gasteiger partial charge in [0.25, 0.3) is 0 Å². The molecule has 17 heavy (non-hydrogen) atoms. The van der Waals surface area contributed by atoms with Crippen LogP contribution in [-0.4, -0.2) is 16.2 Å². The molecule has 0 aromatic heterocycles. The maximum absolute atomic E-state index is 13.4. The van der Waals surface area contributed by atoms with Gasteiger partial charge in [-0.15, -0.1) is 0 Å². The van der Waals surface area contributed by atoms with E-state index in [0.29, 0.717) is 6.07 Å². The van der Waals surface area contributed by atoms with Crippen molar-refractivity contribution in [2.24, 2.45) is 0 Å². The molecule has 0 fully saturated rings. The van der Waals surface area contributed by atoms with Crippen LogP contribution in [0.4, 0.5) is 17.6 Å². The Labute approximate surface area is 101 Å². The minimum Gasteiger partial charge on any atom is -0.479 e. The van der Waals surface area contributed by atoms with Crippen LogP contribution in [0.1, 0.15) is 17.2 Å². The van der Waals surface area contributed by atoms with E-state index >= 15 is 0 Å². The SMILES string of the molecule is O=C(O)C(O)c1cc(Br)cc(C(F)(F)F)c1F. The van der Waals surface area contributed by atoms with Gasteiger partial charge in [0.1, 0.15) is 5.82 Å². The molecule has 1 unspecified atom stereocenters. The topological polar surface area (TPSA) is 57.5 Å². The van der Waals surface area contributed by atoms with Crippen molar-refractivity contribution in [3.8, 4) is 0 Å². The highest BCUT2D eigenvalue weighted by atomic mass is 79.9. The van der Waals surface area contributed by atoms with Crippen molar-refractivity contribution in [2.45, 2.75) is 12.3 Å². The zero-order valence-electron chi connectivity index (χ0n) is 7.92. The molecule has 2 N–H and O–H groups in total. The number of aliphatic hydroxyl groups excluding tert-OH is 1. The van der Waals surface area contributed by atoms with Crippen LogP contribution < -0.4 is 0 Å². The van der Waals surface area contributed by atoms with Gasteiger partial charge >= 0.3 is 12.1 Å². The molecule has 0 bridgehead atoms. The maximum atomic E-state index is 13.4. The fourth-order valence-electron chi connectivity index (χ4n) is 1.15. The third kappa shape index (κ3) is 2.95. The van der Waals surface area contributed by atoms with Gasteiger partial charge < -0.3 is 10.2 Å². The summed E-state index contributed by atoms with van der Waals surface area (Å²) in [7, 11) is 0. The summed E-state index contributed by atoms with van der Waals surface area (Å²) in [5.74, 6) is -3.63. The van der Waals surface area contributed by atoms with E-state index in [4.69, 9.17) is 10.2 Å². The Morgan fingerprint density at radius 1 is 1.35 bits per heavy atom. The average molecular weight is 317 g/mol. The first-order valence-electron chi connectivity index (χ1n) is 4.11. The van der Waals surface area contributed by atoms with Crippen LogP contribution in [0.2, 0.25) is 0 Å². The Balaban J connectivity index is 3.44. The Bertz CT molecular complexity index is 458. The lowest BCUT2D eigenvalue weighted by molar-refractivity contribution is -0.148. The number of hydrogen-bond acceptors (Lipinski definition) is 2. The highest BCUT2D eigenvalue weighted by Crippen LogP contribution is 2.36. The van der Waals surface area contributed by atoms with Crippen molar-refractivity contribution in [3.05, 3.63) is 33.5 Å².